The van der Waals surface area contributed by atoms with Crippen molar-refractivity contribution in [1.82, 2.24) is 19.7 Å². The highest BCUT2D eigenvalue weighted by molar-refractivity contribution is 7.99. The molecule has 2 N–H and O–H groups in total. The number of rotatable bonds is 7. The Kier molecular flexibility index (Phi) is 6.22. The van der Waals surface area contributed by atoms with Crippen molar-refractivity contribution in [1.29, 1.82) is 0 Å². The Morgan fingerprint density at radius 3 is 2.77 bits per heavy atom. The second-order valence-corrected chi connectivity index (χ2v) is 8.11. The molecule has 3 heterocycles. The number of fused-ring (bicyclic) bond motifs is 1. The van der Waals surface area contributed by atoms with E-state index in [2.05, 4.69) is 27.5 Å². The maximum Gasteiger partial charge on any atom is 0.255 e. The van der Waals surface area contributed by atoms with Gasteiger partial charge < -0.3 is 15.4 Å². The average Bonchev–Trinajstić information content (AvgIpc) is 3.19. The van der Waals surface area contributed by atoms with Crippen LogP contribution in [0.25, 0.3) is 0 Å². The van der Waals surface area contributed by atoms with E-state index >= 15 is 0 Å². The van der Waals surface area contributed by atoms with Crippen LogP contribution in [0.2, 0.25) is 0 Å². The number of nitrogens with zero attached hydrogens (tertiary/aromatic N) is 4. The monoisotopic (exact) mass is 436 g/mol. The fourth-order valence-electron chi connectivity index (χ4n) is 3.41. The number of hydrogen-bond donors (Lipinski definition) is 2. The van der Waals surface area contributed by atoms with Gasteiger partial charge in [-0.1, -0.05) is 30.8 Å². The van der Waals surface area contributed by atoms with E-state index in [0.29, 0.717) is 22.4 Å². The van der Waals surface area contributed by atoms with Crippen LogP contribution in [0.1, 0.15) is 31.9 Å². The molecule has 1 aromatic carbocycles. The first-order valence-corrected chi connectivity index (χ1v) is 11.0. The second-order valence-electron chi connectivity index (χ2n) is 7.05. The quantitative estimate of drug-likeness (QED) is 0.538. The SMILES string of the molecule is CCCSc1nc2n(n1)C(c1ccc(OC)cc1)C(C(=O)Nc1cccnc1)=C(C)N2. The zero-order valence-electron chi connectivity index (χ0n) is 17.6. The molecule has 8 nitrogen and oxygen atoms in total. The number of amides is 1. The number of ether oxygens (including phenoxy) is 1. The molecule has 160 valence electrons. The van der Waals surface area contributed by atoms with Crippen molar-refractivity contribution in [3.63, 3.8) is 0 Å². The molecule has 1 amide bonds. The number of methoxy groups -OCH3 is 1. The number of thioether (sulfide) groups is 1. The lowest BCUT2D eigenvalue weighted by molar-refractivity contribution is -0.113. The van der Waals surface area contributed by atoms with E-state index in [9.17, 15) is 4.79 Å². The molecule has 0 bridgehead atoms. The Labute approximate surface area is 185 Å². The highest BCUT2D eigenvalue weighted by Gasteiger charge is 2.34. The van der Waals surface area contributed by atoms with Gasteiger partial charge in [-0.15, -0.1) is 5.10 Å². The topological polar surface area (TPSA) is 94.0 Å². The molecule has 0 aliphatic carbocycles. The standard InChI is InChI=1S/C22H24N6O2S/c1-4-12-31-22-26-21-24-14(2)18(20(29)25-16-6-5-11-23-13-16)19(28(21)27-22)15-7-9-17(30-3)10-8-15/h5-11,13,19H,4,12H2,1-3H3,(H,25,29)(H,24,26,27). The van der Waals surface area contributed by atoms with E-state index in [1.165, 1.54) is 0 Å². The Hall–Kier alpha value is -3.33. The molecule has 1 aliphatic rings. The number of carbonyl (C=O) groups excluding carboxylic acids is 1. The summed E-state index contributed by atoms with van der Waals surface area (Å²) in [6.07, 6.45) is 4.31. The predicted molar refractivity (Wildman–Crippen MR) is 121 cm³/mol. The van der Waals surface area contributed by atoms with Crippen LogP contribution in [-0.2, 0) is 4.79 Å². The fraction of sp³-hybridized carbons (Fsp3) is 0.273. The van der Waals surface area contributed by atoms with Crippen molar-refractivity contribution >= 4 is 29.3 Å². The fourth-order valence-corrected chi connectivity index (χ4v) is 4.09. The lowest BCUT2D eigenvalue weighted by atomic mass is 9.95. The zero-order valence-corrected chi connectivity index (χ0v) is 18.4. The molecule has 0 saturated heterocycles. The van der Waals surface area contributed by atoms with Crippen molar-refractivity contribution in [3.8, 4) is 5.75 Å². The number of hydrogen-bond acceptors (Lipinski definition) is 7. The third kappa shape index (κ3) is 4.41. The highest BCUT2D eigenvalue weighted by Crippen LogP contribution is 2.37. The summed E-state index contributed by atoms with van der Waals surface area (Å²) in [7, 11) is 1.63. The van der Waals surface area contributed by atoms with Crippen LogP contribution in [0.5, 0.6) is 5.75 Å². The first-order valence-electron chi connectivity index (χ1n) is 10.0. The molecule has 0 fully saturated rings. The minimum Gasteiger partial charge on any atom is -0.497 e. The van der Waals surface area contributed by atoms with Crippen LogP contribution in [0.15, 0.2) is 65.2 Å². The minimum absolute atomic E-state index is 0.220. The van der Waals surface area contributed by atoms with Crippen LogP contribution >= 0.6 is 11.8 Å². The van der Waals surface area contributed by atoms with E-state index in [1.807, 2.05) is 31.2 Å². The van der Waals surface area contributed by atoms with E-state index in [0.717, 1.165) is 29.2 Å². The maximum atomic E-state index is 13.3. The normalized spacial score (nSPS) is 15.3. The third-order valence-electron chi connectivity index (χ3n) is 4.86. The molecular weight excluding hydrogens is 412 g/mol. The molecule has 1 aliphatic heterocycles. The molecule has 2 aromatic heterocycles. The summed E-state index contributed by atoms with van der Waals surface area (Å²) >= 11 is 1.60. The predicted octanol–water partition coefficient (Wildman–Crippen LogP) is 4.11. The molecular formula is C22H24N6O2S. The van der Waals surface area contributed by atoms with Gasteiger partial charge in [0.2, 0.25) is 11.1 Å². The highest BCUT2D eigenvalue weighted by atomic mass is 32.2. The van der Waals surface area contributed by atoms with Gasteiger partial charge in [0.15, 0.2) is 0 Å². The van der Waals surface area contributed by atoms with Gasteiger partial charge in [-0.05, 0) is 43.2 Å². The third-order valence-corrected chi connectivity index (χ3v) is 5.91. The van der Waals surface area contributed by atoms with Crippen molar-refractivity contribution < 1.29 is 9.53 Å². The molecule has 31 heavy (non-hydrogen) atoms. The largest absolute Gasteiger partial charge is 0.497 e. The minimum atomic E-state index is -0.428. The van der Waals surface area contributed by atoms with Gasteiger partial charge in [0.1, 0.15) is 11.8 Å². The van der Waals surface area contributed by atoms with E-state index < -0.39 is 6.04 Å². The Bertz CT molecular complexity index is 1090. The van der Waals surface area contributed by atoms with Gasteiger partial charge in [-0.2, -0.15) is 4.98 Å². The zero-order chi connectivity index (χ0) is 21.8. The van der Waals surface area contributed by atoms with Gasteiger partial charge >= 0.3 is 0 Å². The van der Waals surface area contributed by atoms with E-state index in [1.54, 1.807) is 48.1 Å². The molecule has 9 heteroatoms. The first kappa shape index (κ1) is 20.9. The van der Waals surface area contributed by atoms with Crippen LogP contribution in [0, 0.1) is 0 Å². The number of aromatic nitrogens is 4. The Morgan fingerprint density at radius 1 is 1.29 bits per heavy atom. The maximum absolute atomic E-state index is 13.3. The Balaban J connectivity index is 1.75. The summed E-state index contributed by atoms with van der Waals surface area (Å²) in [5, 5.41) is 11.6. The first-order chi connectivity index (χ1) is 15.1. The molecule has 0 radical (unpaired) electrons. The number of nitrogens with one attached hydrogen (secondary N) is 2. The summed E-state index contributed by atoms with van der Waals surface area (Å²) in [6, 6.07) is 10.8. The summed E-state index contributed by atoms with van der Waals surface area (Å²) < 4.78 is 7.08. The molecule has 0 saturated carbocycles. The lowest BCUT2D eigenvalue weighted by Crippen LogP contribution is -2.31. The van der Waals surface area contributed by atoms with E-state index in [-0.39, 0.29) is 5.91 Å². The smallest absolute Gasteiger partial charge is 0.255 e. The van der Waals surface area contributed by atoms with Gasteiger partial charge in [-0.25, -0.2) is 4.68 Å². The average molecular weight is 437 g/mol. The molecule has 3 aromatic rings. The second kappa shape index (κ2) is 9.22. The summed E-state index contributed by atoms with van der Waals surface area (Å²) in [5.41, 5.74) is 2.84. The van der Waals surface area contributed by atoms with Gasteiger partial charge in [0.05, 0.1) is 24.6 Å². The molecule has 0 spiro atoms. The van der Waals surface area contributed by atoms with Crippen LogP contribution < -0.4 is 15.4 Å². The number of benzene rings is 1. The van der Waals surface area contributed by atoms with Gasteiger partial charge in [0, 0.05) is 17.6 Å². The molecule has 1 atom stereocenters. The van der Waals surface area contributed by atoms with Gasteiger partial charge in [0.25, 0.3) is 5.91 Å². The van der Waals surface area contributed by atoms with Crippen molar-refractivity contribution in [2.24, 2.45) is 0 Å². The number of allylic oxidation sites excluding steroid dienone is 1. The van der Waals surface area contributed by atoms with Crippen molar-refractivity contribution in [2.45, 2.75) is 31.5 Å². The molecule has 1 unspecified atom stereocenters. The Morgan fingerprint density at radius 2 is 2.10 bits per heavy atom. The van der Waals surface area contributed by atoms with Crippen molar-refractivity contribution in [3.05, 3.63) is 65.6 Å². The summed E-state index contributed by atoms with van der Waals surface area (Å²) in [5.74, 6) is 2.08. The number of carbonyl (C=O) groups is 1. The number of anilines is 2. The van der Waals surface area contributed by atoms with Crippen LogP contribution in [-0.4, -0.2) is 38.5 Å². The van der Waals surface area contributed by atoms with Gasteiger partial charge in [-0.3, -0.25) is 9.78 Å². The number of pyridine rings is 1. The summed E-state index contributed by atoms with van der Waals surface area (Å²) in [4.78, 5) is 22.0. The van der Waals surface area contributed by atoms with E-state index in [4.69, 9.17) is 9.84 Å². The van der Waals surface area contributed by atoms with Crippen molar-refractivity contribution in [2.75, 3.05) is 23.5 Å². The van der Waals surface area contributed by atoms with Crippen LogP contribution in [0.3, 0.4) is 0 Å². The van der Waals surface area contributed by atoms with Crippen LogP contribution in [0.4, 0.5) is 11.6 Å². The molecule has 4 rings (SSSR count). The summed E-state index contributed by atoms with van der Waals surface area (Å²) in [6.45, 7) is 4.00. The lowest BCUT2D eigenvalue weighted by Gasteiger charge is -2.28.